The molecule has 2 saturated heterocycles. The molecule has 0 saturated carbocycles. The molecule has 0 radical (unpaired) electrons. The van der Waals surface area contributed by atoms with Gasteiger partial charge in [0.25, 0.3) is 0 Å². The Hall–Kier alpha value is -2.00. The first-order valence-electron chi connectivity index (χ1n) is 9.39. The van der Waals surface area contributed by atoms with Crippen molar-refractivity contribution in [2.75, 3.05) is 26.2 Å². The third-order valence-electron chi connectivity index (χ3n) is 5.46. The van der Waals surface area contributed by atoms with Crippen LogP contribution >= 0.6 is 0 Å². The summed E-state index contributed by atoms with van der Waals surface area (Å²) in [5, 5.41) is 16.6. The van der Waals surface area contributed by atoms with Crippen LogP contribution in [0.1, 0.15) is 37.4 Å². The maximum absolute atomic E-state index is 11.0. The fraction of sp³-hybridized carbons (Fsp3) is 0.579. The summed E-state index contributed by atoms with van der Waals surface area (Å²) >= 11 is 0. The second-order valence-electron chi connectivity index (χ2n) is 7.66. The van der Waals surface area contributed by atoms with E-state index < -0.39 is 5.97 Å². The average molecular weight is 375 g/mol. The molecule has 148 valence electrons. The van der Waals surface area contributed by atoms with Crippen LogP contribution < -0.4 is 11.2 Å². The highest BCUT2D eigenvalue weighted by Crippen LogP contribution is 2.27. The van der Waals surface area contributed by atoms with Crippen LogP contribution in [-0.2, 0) is 9.63 Å². The molecule has 3 rings (SSSR count). The summed E-state index contributed by atoms with van der Waals surface area (Å²) in [6, 6.07) is 8.21. The van der Waals surface area contributed by atoms with Crippen molar-refractivity contribution in [3.63, 3.8) is 0 Å². The van der Waals surface area contributed by atoms with Gasteiger partial charge in [-0.05, 0) is 25.8 Å². The number of nitrogen functional groups attached to an aromatic ring is 1. The first-order valence-corrected chi connectivity index (χ1v) is 9.39. The topological polar surface area (TPSA) is 115 Å². The first-order chi connectivity index (χ1) is 12.8. The molecule has 4 unspecified atom stereocenters. The fourth-order valence-corrected chi connectivity index (χ4v) is 4.12. The lowest BCUT2D eigenvalue weighted by Crippen LogP contribution is -2.58. The number of nitrogens with two attached hydrogens (primary N) is 1. The molecule has 8 heteroatoms. The van der Waals surface area contributed by atoms with E-state index in [1.54, 1.807) is 0 Å². The minimum Gasteiger partial charge on any atom is -0.480 e. The SMILES string of the molecule is CC1CN(CC2CC(c3ccc(C(=N)N)cc3)NO2)CC(C)N1CC(=O)O. The number of aliphatic carboxylic acids is 1. The van der Waals surface area contributed by atoms with Gasteiger partial charge in [0.2, 0.25) is 0 Å². The lowest BCUT2D eigenvalue weighted by atomic mass is 10.00. The van der Waals surface area contributed by atoms with E-state index in [-0.39, 0.29) is 36.6 Å². The molecule has 0 amide bonds. The molecule has 5 N–H and O–H groups in total. The molecule has 1 aromatic rings. The zero-order valence-corrected chi connectivity index (χ0v) is 15.9. The van der Waals surface area contributed by atoms with Crippen molar-refractivity contribution in [2.24, 2.45) is 5.73 Å². The molecule has 27 heavy (non-hydrogen) atoms. The zero-order chi connectivity index (χ0) is 19.6. The molecule has 0 spiro atoms. The van der Waals surface area contributed by atoms with Gasteiger partial charge >= 0.3 is 5.97 Å². The number of amidine groups is 1. The fourth-order valence-electron chi connectivity index (χ4n) is 4.12. The van der Waals surface area contributed by atoms with E-state index in [2.05, 4.69) is 24.2 Å². The molecule has 0 aromatic heterocycles. The molecule has 2 aliphatic heterocycles. The van der Waals surface area contributed by atoms with Crippen molar-refractivity contribution in [3.05, 3.63) is 35.4 Å². The predicted octanol–water partition coefficient (Wildman–Crippen LogP) is 0.784. The highest BCUT2D eigenvalue weighted by atomic mass is 16.7. The number of hydrogen-bond acceptors (Lipinski definition) is 6. The van der Waals surface area contributed by atoms with E-state index in [1.807, 2.05) is 29.2 Å². The summed E-state index contributed by atoms with van der Waals surface area (Å²) in [6.07, 6.45) is 0.963. The number of hydrogen-bond donors (Lipinski definition) is 4. The van der Waals surface area contributed by atoms with Crippen LogP contribution in [0.3, 0.4) is 0 Å². The van der Waals surface area contributed by atoms with Crippen LogP contribution in [0.4, 0.5) is 0 Å². The summed E-state index contributed by atoms with van der Waals surface area (Å²) in [5.74, 6) is -0.704. The van der Waals surface area contributed by atoms with Gasteiger partial charge in [-0.15, -0.1) is 0 Å². The van der Waals surface area contributed by atoms with Crippen LogP contribution in [0.5, 0.6) is 0 Å². The van der Waals surface area contributed by atoms with Crippen molar-refractivity contribution in [1.82, 2.24) is 15.3 Å². The maximum atomic E-state index is 11.0. The van der Waals surface area contributed by atoms with Crippen LogP contribution in [0.15, 0.2) is 24.3 Å². The number of benzene rings is 1. The Morgan fingerprint density at radius 3 is 2.48 bits per heavy atom. The number of nitrogens with one attached hydrogen (secondary N) is 2. The van der Waals surface area contributed by atoms with E-state index in [4.69, 9.17) is 21.1 Å². The van der Waals surface area contributed by atoms with Crippen molar-refractivity contribution < 1.29 is 14.7 Å². The number of hydroxylamine groups is 1. The summed E-state index contributed by atoms with van der Waals surface area (Å²) in [6.45, 7) is 6.77. The Bertz CT molecular complexity index is 668. The van der Waals surface area contributed by atoms with Gasteiger partial charge in [-0.3, -0.25) is 24.8 Å². The standard InChI is InChI=1S/C19H29N5O3/c1-12-8-23(9-13(2)24(12)11-18(25)26)10-16-7-17(22-27-16)14-3-5-15(6-4-14)19(20)21/h3-6,12-13,16-17,22H,7-11H2,1-2H3,(H3,20,21)(H,25,26). The van der Waals surface area contributed by atoms with Crippen LogP contribution in [0.2, 0.25) is 0 Å². The van der Waals surface area contributed by atoms with Gasteiger partial charge in [-0.1, -0.05) is 24.3 Å². The second kappa shape index (κ2) is 8.35. The number of nitrogens with zero attached hydrogens (tertiary/aromatic N) is 2. The maximum Gasteiger partial charge on any atom is 0.317 e. The van der Waals surface area contributed by atoms with Gasteiger partial charge in [-0.25, -0.2) is 0 Å². The highest BCUT2D eigenvalue weighted by molar-refractivity contribution is 5.94. The minimum atomic E-state index is -0.774. The number of carboxylic acids is 1. The highest BCUT2D eigenvalue weighted by Gasteiger charge is 2.34. The van der Waals surface area contributed by atoms with E-state index in [0.29, 0.717) is 0 Å². The molecule has 2 fully saturated rings. The zero-order valence-electron chi connectivity index (χ0n) is 15.9. The molecule has 2 aliphatic rings. The average Bonchev–Trinajstić information content (AvgIpc) is 3.06. The Morgan fingerprint density at radius 1 is 1.30 bits per heavy atom. The molecule has 8 nitrogen and oxygen atoms in total. The predicted molar refractivity (Wildman–Crippen MR) is 103 cm³/mol. The first kappa shape index (κ1) is 19.8. The Morgan fingerprint density at radius 2 is 1.93 bits per heavy atom. The number of carboxylic acid groups (broad SMARTS) is 1. The van der Waals surface area contributed by atoms with Crippen molar-refractivity contribution in [3.8, 4) is 0 Å². The molecule has 0 aliphatic carbocycles. The quantitative estimate of drug-likeness (QED) is 0.429. The van der Waals surface area contributed by atoms with Gasteiger partial charge in [0.05, 0.1) is 18.7 Å². The summed E-state index contributed by atoms with van der Waals surface area (Å²) in [7, 11) is 0. The Labute approximate surface area is 159 Å². The summed E-state index contributed by atoms with van der Waals surface area (Å²) in [5.41, 5.74) is 10.5. The smallest absolute Gasteiger partial charge is 0.317 e. The summed E-state index contributed by atoms with van der Waals surface area (Å²) in [4.78, 5) is 21.3. The number of carbonyl (C=O) groups is 1. The number of piperazine rings is 1. The van der Waals surface area contributed by atoms with Gasteiger partial charge < -0.3 is 10.8 Å². The van der Waals surface area contributed by atoms with Crippen LogP contribution in [-0.4, -0.2) is 71.1 Å². The van der Waals surface area contributed by atoms with E-state index in [1.165, 1.54) is 0 Å². The molecular weight excluding hydrogens is 346 g/mol. The minimum absolute atomic E-state index is 0.0698. The summed E-state index contributed by atoms with van der Waals surface area (Å²) < 4.78 is 0. The monoisotopic (exact) mass is 375 g/mol. The van der Waals surface area contributed by atoms with Gasteiger partial charge in [0.15, 0.2) is 0 Å². The third-order valence-corrected chi connectivity index (χ3v) is 5.46. The lowest BCUT2D eigenvalue weighted by molar-refractivity contribution is -0.140. The Balaban J connectivity index is 1.52. The van der Waals surface area contributed by atoms with Gasteiger partial charge in [0.1, 0.15) is 5.84 Å². The van der Waals surface area contributed by atoms with Gasteiger partial charge in [0, 0.05) is 37.3 Å². The van der Waals surface area contributed by atoms with E-state index >= 15 is 0 Å². The normalized spacial score (nSPS) is 29.7. The van der Waals surface area contributed by atoms with Crippen molar-refractivity contribution in [2.45, 2.75) is 44.5 Å². The third kappa shape index (κ3) is 4.84. The van der Waals surface area contributed by atoms with Crippen LogP contribution in [0.25, 0.3) is 0 Å². The van der Waals surface area contributed by atoms with Crippen molar-refractivity contribution >= 4 is 11.8 Å². The second-order valence-corrected chi connectivity index (χ2v) is 7.66. The molecule has 2 heterocycles. The number of rotatable bonds is 6. The van der Waals surface area contributed by atoms with Crippen LogP contribution in [0, 0.1) is 5.41 Å². The van der Waals surface area contributed by atoms with E-state index in [0.717, 1.165) is 37.2 Å². The molecular formula is C19H29N5O3. The largest absolute Gasteiger partial charge is 0.480 e. The molecule has 1 aromatic carbocycles. The van der Waals surface area contributed by atoms with E-state index in [9.17, 15) is 4.79 Å². The molecule has 0 bridgehead atoms. The van der Waals surface area contributed by atoms with Crippen molar-refractivity contribution in [1.29, 1.82) is 5.41 Å². The van der Waals surface area contributed by atoms with Gasteiger partial charge in [-0.2, -0.15) is 5.48 Å². The lowest BCUT2D eigenvalue weighted by Gasteiger charge is -2.44. The molecule has 4 atom stereocenters. The Kier molecular flexibility index (Phi) is 6.11.